The standard InChI is InChI=1S/C17H26N2O2/c1-13(15-4-3-9-18-11-15)10-17(21)19(2)12-14-5-7-16(20)8-6-14/h5-8,13,15,18,20H,3-4,9-12H2,1-2H3. The van der Waals surface area contributed by atoms with Gasteiger partial charge in [-0.3, -0.25) is 4.79 Å². The highest BCUT2D eigenvalue weighted by Crippen LogP contribution is 2.23. The van der Waals surface area contributed by atoms with Crippen molar-refractivity contribution in [3.63, 3.8) is 0 Å². The fraction of sp³-hybridized carbons (Fsp3) is 0.588. The fourth-order valence-electron chi connectivity index (χ4n) is 2.93. The summed E-state index contributed by atoms with van der Waals surface area (Å²) < 4.78 is 0. The van der Waals surface area contributed by atoms with Gasteiger partial charge in [-0.2, -0.15) is 0 Å². The Morgan fingerprint density at radius 2 is 2.14 bits per heavy atom. The number of amides is 1. The molecule has 0 radical (unpaired) electrons. The van der Waals surface area contributed by atoms with E-state index in [4.69, 9.17) is 0 Å². The molecule has 1 saturated heterocycles. The topological polar surface area (TPSA) is 52.6 Å². The molecular weight excluding hydrogens is 264 g/mol. The molecular formula is C17H26N2O2. The number of phenols is 1. The lowest BCUT2D eigenvalue weighted by Crippen LogP contribution is -2.36. The second-order valence-corrected chi connectivity index (χ2v) is 6.20. The summed E-state index contributed by atoms with van der Waals surface area (Å²) in [7, 11) is 1.85. The minimum absolute atomic E-state index is 0.196. The van der Waals surface area contributed by atoms with Gasteiger partial charge in [-0.25, -0.2) is 0 Å². The van der Waals surface area contributed by atoms with E-state index in [1.54, 1.807) is 17.0 Å². The van der Waals surface area contributed by atoms with Crippen molar-refractivity contribution in [2.24, 2.45) is 11.8 Å². The van der Waals surface area contributed by atoms with Crippen LogP contribution in [-0.2, 0) is 11.3 Å². The van der Waals surface area contributed by atoms with E-state index in [1.165, 1.54) is 12.8 Å². The molecule has 1 aliphatic rings. The fourth-order valence-corrected chi connectivity index (χ4v) is 2.93. The zero-order valence-electron chi connectivity index (χ0n) is 13.0. The Bertz CT molecular complexity index is 452. The van der Waals surface area contributed by atoms with Gasteiger partial charge in [0.2, 0.25) is 5.91 Å². The van der Waals surface area contributed by atoms with Crippen molar-refractivity contribution in [3.8, 4) is 5.75 Å². The molecule has 1 amide bonds. The van der Waals surface area contributed by atoms with E-state index in [9.17, 15) is 9.90 Å². The predicted molar refractivity (Wildman–Crippen MR) is 84.0 cm³/mol. The van der Waals surface area contributed by atoms with E-state index in [2.05, 4.69) is 12.2 Å². The molecule has 0 aliphatic carbocycles. The van der Waals surface area contributed by atoms with Crippen molar-refractivity contribution in [1.29, 1.82) is 0 Å². The minimum Gasteiger partial charge on any atom is -0.508 e. The van der Waals surface area contributed by atoms with Crippen LogP contribution in [0.25, 0.3) is 0 Å². The third kappa shape index (κ3) is 4.74. The summed E-state index contributed by atoms with van der Waals surface area (Å²) in [6.07, 6.45) is 3.05. The quantitative estimate of drug-likeness (QED) is 0.875. The minimum atomic E-state index is 0.196. The first-order valence-electron chi connectivity index (χ1n) is 7.79. The van der Waals surface area contributed by atoms with Gasteiger partial charge in [0.25, 0.3) is 0 Å². The summed E-state index contributed by atoms with van der Waals surface area (Å²) in [5.41, 5.74) is 1.04. The van der Waals surface area contributed by atoms with Gasteiger partial charge in [-0.05, 0) is 55.5 Å². The molecule has 1 aromatic carbocycles. The van der Waals surface area contributed by atoms with Crippen LogP contribution in [0.2, 0.25) is 0 Å². The zero-order chi connectivity index (χ0) is 15.2. The summed E-state index contributed by atoms with van der Waals surface area (Å²) >= 11 is 0. The maximum absolute atomic E-state index is 12.3. The van der Waals surface area contributed by atoms with Crippen LogP contribution in [0.5, 0.6) is 5.75 Å². The van der Waals surface area contributed by atoms with Gasteiger partial charge in [-0.1, -0.05) is 19.1 Å². The van der Waals surface area contributed by atoms with Crippen molar-refractivity contribution in [3.05, 3.63) is 29.8 Å². The van der Waals surface area contributed by atoms with Gasteiger partial charge in [0, 0.05) is 20.0 Å². The Morgan fingerprint density at radius 1 is 1.43 bits per heavy atom. The Kier molecular flexibility index (Phi) is 5.62. The number of carbonyl (C=O) groups is 1. The van der Waals surface area contributed by atoms with E-state index in [-0.39, 0.29) is 11.7 Å². The van der Waals surface area contributed by atoms with Crippen LogP contribution in [0.3, 0.4) is 0 Å². The smallest absolute Gasteiger partial charge is 0.222 e. The van der Waals surface area contributed by atoms with Crippen molar-refractivity contribution in [2.75, 3.05) is 20.1 Å². The molecule has 2 N–H and O–H groups in total. The number of hydrogen-bond acceptors (Lipinski definition) is 3. The monoisotopic (exact) mass is 290 g/mol. The number of rotatable bonds is 5. The van der Waals surface area contributed by atoms with Crippen LogP contribution < -0.4 is 5.32 Å². The van der Waals surface area contributed by atoms with Crippen molar-refractivity contribution in [1.82, 2.24) is 10.2 Å². The first-order chi connectivity index (χ1) is 10.1. The Labute approximate surface area is 127 Å². The van der Waals surface area contributed by atoms with Gasteiger partial charge < -0.3 is 15.3 Å². The number of aromatic hydroxyl groups is 1. The highest BCUT2D eigenvalue weighted by Gasteiger charge is 2.23. The maximum Gasteiger partial charge on any atom is 0.222 e. The molecule has 0 bridgehead atoms. The summed E-state index contributed by atoms with van der Waals surface area (Å²) in [4.78, 5) is 14.1. The van der Waals surface area contributed by atoms with Crippen LogP contribution in [0.15, 0.2) is 24.3 Å². The number of benzene rings is 1. The first-order valence-corrected chi connectivity index (χ1v) is 7.79. The van der Waals surface area contributed by atoms with Crippen LogP contribution >= 0.6 is 0 Å². The average molecular weight is 290 g/mol. The van der Waals surface area contributed by atoms with Crippen molar-refractivity contribution in [2.45, 2.75) is 32.7 Å². The molecule has 0 saturated carbocycles. The van der Waals surface area contributed by atoms with Gasteiger partial charge in [0.05, 0.1) is 0 Å². The number of nitrogens with zero attached hydrogens (tertiary/aromatic N) is 1. The van der Waals surface area contributed by atoms with Crippen molar-refractivity contribution >= 4 is 5.91 Å². The van der Waals surface area contributed by atoms with Crippen LogP contribution in [0, 0.1) is 11.8 Å². The van der Waals surface area contributed by atoms with E-state index in [1.807, 2.05) is 19.2 Å². The zero-order valence-corrected chi connectivity index (χ0v) is 13.0. The highest BCUT2D eigenvalue weighted by atomic mass is 16.3. The molecule has 4 nitrogen and oxygen atoms in total. The second kappa shape index (κ2) is 7.46. The van der Waals surface area contributed by atoms with Crippen LogP contribution in [0.1, 0.15) is 31.7 Å². The normalized spacial score (nSPS) is 20.0. The Hall–Kier alpha value is -1.55. The SMILES string of the molecule is CC(CC(=O)N(C)Cc1ccc(O)cc1)C1CCCNC1. The molecule has 1 fully saturated rings. The molecule has 0 aromatic heterocycles. The largest absolute Gasteiger partial charge is 0.508 e. The van der Waals surface area contributed by atoms with E-state index in [0.29, 0.717) is 24.8 Å². The van der Waals surface area contributed by atoms with Gasteiger partial charge >= 0.3 is 0 Å². The number of hydrogen-bond donors (Lipinski definition) is 2. The number of nitrogens with one attached hydrogen (secondary N) is 1. The van der Waals surface area contributed by atoms with Gasteiger partial charge in [0.1, 0.15) is 5.75 Å². The molecule has 2 atom stereocenters. The molecule has 0 spiro atoms. The lowest BCUT2D eigenvalue weighted by atomic mass is 9.85. The lowest BCUT2D eigenvalue weighted by Gasteiger charge is -2.29. The second-order valence-electron chi connectivity index (χ2n) is 6.20. The molecule has 4 heteroatoms. The van der Waals surface area contributed by atoms with Gasteiger partial charge in [0.15, 0.2) is 0 Å². The molecule has 2 unspecified atom stereocenters. The van der Waals surface area contributed by atoms with E-state index in [0.717, 1.165) is 18.7 Å². The van der Waals surface area contributed by atoms with E-state index >= 15 is 0 Å². The summed E-state index contributed by atoms with van der Waals surface area (Å²) in [6, 6.07) is 7.02. The summed E-state index contributed by atoms with van der Waals surface area (Å²) in [5.74, 6) is 1.49. The molecule has 21 heavy (non-hydrogen) atoms. The summed E-state index contributed by atoms with van der Waals surface area (Å²) in [5, 5.41) is 12.7. The van der Waals surface area contributed by atoms with Crippen LogP contribution in [0.4, 0.5) is 0 Å². The van der Waals surface area contributed by atoms with Crippen molar-refractivity contribution < 1.29 is 9.90 Å². The number of piperidine rings is 1. The number of carbonyl (C=O) groups excluding carboxylic acids is 1. The molecule has 116 valence electrons. The predicted octanol–water partition coefficient (Wildman–Crippen LogP) is 2.38. The Morgan fingerprint density at radius 3 is 2.76 bits per heavy atom. The number of phenolic OH excluding ortho intramolecular Hbond substituents is 1. The van der Waals surface area contributed by atoms with E-state index < -0.39 is 0 Å². The van der Waals surface area contributed by atoms with Gasteiger partial charge in [-0.15, -0.1) is 0 Å². The third-order valence-electron chi connectivity index (χ3n) is 4.42. The average Bonchev–Trinajstić information content (AvgIpc) is 2.50. The third-order valence-corrected chi connectivity index (χ3v) is 4.42. The summed E-state index contributed by atoms with van der Waals surface area (Å²) in [6.45, 7) is 4.92. The molecule has 1 aromatic rings. The molecule has 2 rings (SSSR count). The highest BCUT2D eigenvalue weighted by molar-refractivity contribution is 5.76. The maximum atomic E-state index is 12.3. The molecule has 1 aliphatic heterocycles. The first kappa shape index (κ1) is 15.8. The van der Waals surface area contributed by atoms with Crippen LogP contribution in [-0.4, -0.2) is 36.1 Å². The Balaban J connectivity index is 1.82. The molecule has 1 heterocycles. The lowest BCUT2D eigenvalue weighted by molar-refractivity contribution is -0.131.